The number of aliphatic hydroxyl groups is 1. The Hall–Kier alpha value is -0.960. The van der Waals surface area contributed by atoms with Gasteiger partial charge in [0.25, 0.3) is 5.88 Å². The van der Waals surface area contributed by atoms with E-state index in [-0.39, 0.29) is 12.1 Å². The van der Waals surface area contributed by atoms with Gasteiger partial charge in [-0.2, -0.15) is 4.37 Å². The molecule has 1 aromatic rings. The minimum atomic E-state index is -0.525. The van der Waals surface area contributed by atoms with Crippen molar-refractivity contribution >= 4 is 17.5 Å². The predicted molar refractivity (Wildman–Crippen MR) is 81.0 cm³/mol. The van der Waals surface area contributed by atoms with Crippen molar-refractivity contribution in [1.29, 1.82) is 0 Å². The van der Waals surface area contributed by atoms with Crippen LogP contribution in [-0.4, -0.2) is 65.0 Å². The smallest absolute Gasteiger partial charge is 0.270 e. The van der Waals surface area contributed by atoms with E-state index in [4.69, 9.17) is 9.47 Å². The van der Waals surface area contributed by atoms with Gasteiger partial charge in [0.2, 0.25) is 5.82 Å². The van der Waals surface area contributed by atoms with Crippen molar-refractivity contribution in [2.24, 2.45) is 0 Å². The SMILES string of the molecule is CC(C)(C)[NH2+]C[C@@H](O)COc1nsnc1N1CCOCC1. The van der Waals surface area contributed by atoms with Gasteiger partial charge in [0.1, 0.15) is 19.3 Å². The second kappa shape index (κ2) is 7.35. The minimum absolute atomic E-state index is 0.0993. The number of nitrogens with two attached hydrogens (primary N) is 1. The Morgan fingerprint density at radius 1 is 1.38 bits per heavy atom. The fourth-order valence-electron chi connectivity index (χ4n) is 1.97. The van der Waals surface area contributed by atoms with Gasteiger partial charge in [0, 0.05) is 13.1 Å². The Morgan fingerprint density at radius 3 is 2.76 bits per heavy atom. The highest BCUT2D eigenvalue weighted by Crippen LogP contribution is 2.26. The first-order valence-corrected chi connectivity index (χ1v) is 7.99. The zero-order valence-corrected chi connectivity index (χ0v) is 13.7. The van der Waals surface area contributed by atoms with Crippen LogP contribution in [0.3, 0.4) is 0 Å². The van der Waals surface area contributed by atoms with E-state index >= 15 is 0 Å². The lowest BCUT2D eigenvalue weighted by atomic mass is 10.1. The van der Waals surface area contributed by atoms with E-state index in [9.17, 15) is 5.11 Å². The summed E-state index contributed by atoms with van der Waals surface area (Å²) in [7, 11) is 0. The molecule has 1 atom stereocenters. The van der Waals surface area contributed by atoms with Gasteiger partial charge in [-0.25, -0.2) is 0 Å². The summed E-state index contributed by atoms with van der Waals surface area (Å²) in [6.45, 7) is 10.2. The number of anilines is 1. The van der Waals surface area contributed by atoms with Crippen molar-refractivity contribution in [1.82, 2.24) is 8.75 Å². The fourth-order valence-corrected chi connectivity index (χ4v) is 2.49. The molecular formula is C13H25N4O3S+. The Kier molecular flexibility index (Phi) is 5.74. The van der Waals surface area contributed by atoms with Gasteiger partial charge < -0.3 is 24.8 Å². The van der Waals surface area contributed by atoms with E-state index in [1.165, 1.54) is 0 Å². The number of nitrogens with zero attached hydrogens (tertiary/aromatic N) is 3. The van der Waals surface area contributed by atoms with Crippen molar-refractivity contribution in [3.8, 4) is 5.88 Å². The molecule has 1 aliphatic rings. The summed E-state index contributed by atoms with van der Waals surface area (Å²) in [6.07, 6.45) is -0.525. The first-order chi connectivity index (χ1) is 9.96. The van der Waals surface area contributed by atoms with Gasteiger partial charge in [0.15, 0.2) is 0 Å². The number of ether oxygens (including phenoxy) is 2. The van der Waals surface area contributed by atoms with E-state index in [1.54, 1.807) is 0 Å². The largest absolute Gasteiger partial charge is 0.471 e. The van der Waals surface area contributed by atoms with E-state index < -0.39 is 6.10 Å². The Morgan fingerprint density at radius 2 is 2.10 bits per heavy atom. The molecule has 0 aliphatic carbocycles. The summed E-state index contributed by atoms with van der Waals surface area (Å²) in [5, 5.41) is 12.1. The molecule has 0 amide bonds. The fraction of sp³-hybridized carbons (Fsp3) is 0.846. The van der Waals surface area contributed by atoms with Crippen molar-refractivity contribution in [3.05, 3.63) is 0 Å². The number of morpholine rings is 1. The second-order valence-electron chi connectivity index (χ2n) is 6.26. The van der Waals surface area contributed by atoms with Gasteiger partial charge in [-0.15, -0.1) is 4.37 Å². The summed E-state index contributed by atoms with van der Waals surface area (Å²) >= 11 is 1.13. The van der Waals surface area contributed by atoms with Crippen LogP contribution in [0, 0.1) is 0 Å². The van der Waals surface area contributed by atoms with Crippen LogP contribution in [0.25, 0.3) is 0 Å². The van der Waals surface area contributed by atoms with Crippen LogP contribution < -0.4 is 15.0 Å². The Bertz CT molecular complexity index is 429. The molecule has 1 aliphatic heterocycles. The lowest BCUT2D eigenvalue weighted by Gasteiger charge is -2.27. The van der Waals surface area contributed by atoms with Crippen molar-refractivity contribution in [2.45, 2.75) is 32.4 Å². The highest BCUT2D eigenvalue weighted by atomic mass is 32.1. The summed E-state index contributed by atoms with van der Waals surface area (Å²) in [4.78, 5) is 2.11. The van der Waals surface area contributed by atoms with Crippen molar-refractivity contribution in [2.75, 3.05) is 44.4 Å². The minimum Gasteiger partial charge on any atom is -0.471 e. The van der Waals surface area contributed by atoms with Gasteiger partial charge in [-0.05, 0) is 20.8 Å². The van der Waals surface area contributed by atoms with Crippen LogP contribution in [0.5, 0.6) is 5.88 Å². The van der Waals surface area contributed by atoms with Gasteiger partial charge in [-0.3, -0.25) is 0 Å². The topological polar surface area (TPSA) is 84.3 Å². The maximum absolute atomic E-state index is 9.98. The van der Waals surface area contributed by atoms with Crippen LogP contribution in [0.4, 0.5) is 5.82 Å². The quantitative estimate of drug-likeness (QED) is 0.734. The lowest BCUT2D eigenvalue weighted by Crippen LogP contribution is -2.96. The standard InChI is InChI=1S/C13H24N4O3S/c1-13(2,3)14-8-10(18)9-20-12-11(15-21-16-12)17-4-6-19-7-5-17/h10,14,18H,4-9H2,1-3H3/p+1/t10-/m1/s1. The zero-order valence-electron chi connectivity index (χ0n) is 12.9. The molecule has 0 bridgehead atoms. The maximum Gasteiger partial charge on any atom is 0.270 e. The number of rotatable bonds is 6. The molecule has 2 rings (SSSR count). The summed E-state index contributed by atoms with van der Waals surface area (Å²) in [5.41, 5.74) is 0.0993. The number of quaternary nitrogens is 1. The Balaban J connectivity index is 1.82. The Labute approximate surface area is 129 Å². The average molecular weight is 317 g/mol. The third kappa shape index (κ3) is 5.39. The van der Waals surface area contributed by atoms with E-state index in [2.05, 4.69) is 39.7 Å². The third-order valence-corrected chi connectivity index (χ3v) is 3.67. The molecule has 3 N–H and O–H groups in total. The van der Waals surface area contributed by atoms with Gasteiger partial charge in [-0.1, -0.05) is 0 Å². The first-order valence-electron chi connectivity index (χ1n) is 7.26. The van der Waals surface area contributed by atoms with Gasteiger partial charge in [0.05, 0.1) is 30.5 Å². The average Bonchev–Trinajstić information content (AvgIpc) is 2.91. The number of hydrogen-bond acceptors (Lipinski definition) is 7. The lowest BCUT2D eigenvalue weighted by molar-refractivity contribution is -0.722. The van der Waals surface area contributed by atoms with Crippen LogP contribution in [-0.2, 0) is 4.74 Å². The molecule has 0 radical (unpaired) electrons. The van der Waals surface area contributed by atoms with E-state index in [0.717, 1.165) is 30.6 Å². The van der Waals surface area contributed by atoms with Crippen molar-refractivity contribution < 1.29 is 19.9 Å². The molecule has 0 aromatic carbocycles. The molecule has 0 spiro atoms. The molecule has 0 unspecified atom stereocenters. The molecule has 120 valence electrons. The molecule has 8 heteroatoms. The van der Waals surface area contributed by atoms with E-state index in [0.29, 0.717) is 25.6 Å². The highest BCUT2D eigenvalue weighted by molar-refractivity contribution is 6.99. The van der Waals surface area contributed by atoms with Crippen molar-refractivity contribution in [3.63, 3.8) is 0 Å². The highest BCUT2D eigenvalue weighted by Gasteiger charge is 2.21. The van der Waals surface area contributed by atoms with E-state index in [1.807, 2.05) is 0 Å². The summed E-state index contributed by atoms with van der Waals surface area (Å²) in [6, 6.07) is 0. The summed E-state index contributed by atoms with van der Waals surface area (Å²) in [5.74, 6) is 1.27. The molecule has 1 aromatic heterocycles. The molecule has 1 fully saturated rings. The number of hydrogen-bond donors (Lipinski definition) is 2. The monoisotopic (exact) mass is 317 g/mol. The summed E-state index contributed by atoms with van der Waals surface area (Å²) < 4.78 is 19.4. The molecule has 1 saturated heterocycles. The number of aliphatic hydroxyl groups excluding tert-OH is 1. The van der Waals surface area contributed by atoms with Crippen LogP contribution in [0.1, 0.15) is 20.8 Å². The normalized spacial score (nSPS) is 17.8. The number of aromatic nitrogens is 2. The van der Waals surface area contributed by atoms with Crippen LogP contribution in [0.15, 0.2) is 0 Å². The maximum atomic E-state index is 9.98. The van der Waals surface area contributed by atoms with Crippen LogP contribution in [0.2, 0.25) is 0 Å². The molecule has 21 heavy (non-hydrogen) atoms. The molecular weight excluding hydrogens is 292 g/mol. The molecule has 2 heterocycles. The molecule has 7 nitrogen and oxygen atoms in total. The molecule has 0 saturated carbocycles. The second-order valence-corrected chi connectivity index (χ2v) is 6.79. The zero-order chi connectivity index (χ0) is 15.3. The predicted octanol–water partition coefficient (Wildman–Crippen LogP) is -0.524. The first kappa shape index (κ1) is 16.4. The van der Waals surface area contributed by atoms with Gasteiger partial charge >= 0.3 is 0 Å². The third-order valence-electron chi connectivity index (χ3n) is 3.17. The van der Waals surface area contributed by atoms with Crippen LogP contribution >= 0.6 is 11.7 Å².